The van der Waals surface area contributed by atoms with Gasteiger partial charge in [0, 0.05) is 29.9 Å². The third kappa shape index (κ3) is 6.25. The van der Waals surface area contributed by atoms with Crippen LogP contribution in [0.4, 0.5) is 10.1 Å². The third-order valence-corrected chi connectivity index (χ3v) is 6.83. The molecule has 14 heteroatoms. The molecule has 1 aliphatic heterocycles. The van der Waals surface area contributed by atoms with Crippen molar-refractivity contribution in [3.8, 4) is 22.5 Å². The predicted octanol–water partition coefficient (Wildman–Crippen LogP) is 0.613. The number of halogens is 1. The number of hydrogen-bond donors (Lipinski definition) is 5. The van der Waals surface area contributed by atoms with Gasteiger partial charge < -0.3 is 30.7 Å². The molecule has 2 aromatic carbocycles. The summed E-state index contributed by atoms with van der Waals surface area (Å²) in [6.07, 6.45) is -2.33. The number of hydrogen-bond acceptors (Lipinski definition) is 10. The lowest BCUT2D eigenvalue weighted by atomic mass is 9.92. The van der Waals surface area contributed by atoms with Crippen LogP contribution in [0.1, 0.15) is 13.0 Å². The van der Waals surface area contributed by atoms with Crippen molar-refractivity contribution in [2.45, 2.75) is 43.9 Å². The highest BCUT2D eigenvalue weighted by Crippen LogP contribution is 2.31. The SMILES string of the molecule is CCNc1ccc(-c2cn(CCNC(=O)[C@@H]3O[C@H](CO)[C@H](O)[C@H](n4cc(-c5cccc(F)c5)nn4)[C@H]3O)nn2)cc1. The summed E-state index contributed by atoms with van der Waals surface area (Å²) in [5.74, 6) is -1.10. The number of carbonyl (C=O) groups excluding carboxylic acids is 1. The Balaban J connectivity index is 1.22. The van der Waals surface area contributed by atoms with Crippen molar-refractivity contribution in [2.75, 3.05) is 25.0 Å². The van der Waals surface area contributed by atoms with Crippen molar-refractivity contribution in [1.82, 2.24) is 35.3 Å². The number of nitrogens with one attached hydrogen (secondary N) is 2. The Bertz CT molecular complexity index is 1460. The maximum atomic E-state index is 13.7. The molecule has 1 fully saturated rings. The summed E-state index contributed by atoms with van der Waals surface area (Å²) in [5, 5.41) is 53.8. The third-order valence-electron chi connectivity index (χ3n) is 6.83. The van der Waals surface area contributed by atoms with Gasteiger partial charge in [-0.05, 0) is 31.2 Å². The molecule has 1 saturated heterocycles. The number of amides is 1. The van der Waals surface area contributed by atoms with Crippen molar-refractivity contribution in [3.05, 3.63) is 66.7 Å². The van der Waals surface area contributed by atoms with Gasteiger partial charge >= 0.3 is 0 Å². The Morgan fingerprint density at radius 3 is 2.51 bits per heavy atom. The van der Waals surface area contributed by atoms with E-state index in [1.165, 1.54) is 29.1 Å². The van der Waals surface area contributed by atoms with E-state index in [4.69, 9.17) is 4.74 Å². The zero-order valence-electron chi connectivity index (χ0n) is 22.2. The molecule has 1 amide bonds. The van der Waals surface area contributed by atoms with Crippen LogP contribution in [0.5, 0.6) is 0 Å². The molecule has 0 radical (unpaired) electrons. The zero-order valence-corrected chi connectivity index (χ0v) is 22.2. The molecule has 41 heavy (non-hydrogen) atoms. The van der Waals surface area contributed by atoms with Crippen LogP contribution in [0.2, 0.25) is 0 Å². The highest BCUT2D eigenvalue weighted by molar-refractivity contribution is 5.81. The fraction of sp³-hybridized carbons (Fsp3) is 0.370. The molecule has 0 unspecified atom stereocenters. The molecular weight excluding hydrogens is 535 g/mol. The van der Waals surface area contributed by atoms with Crippen LogP contribution >= 0.6 is 0 Å². The second kappa shape index (κ2) is 12.5. The lowest BCUT2D eigenvalue weighted by Crippen LogP contribution is -2.60. The molecule has 0 aliphatic carbocycles. The van der Waals surface area contributed by atoms with E-state index in [1.807, 2.05) is 31.2 Å². The summed E-state index contributed by atoms with van der Waals surface area (Å²) in [7, 11) is 0. The minimum absolute atomic E-state index is 0.150. The lowest BCUT2D eigenvalue weighted by Gasteiger charge is -2.41. The number of rotatable bonds is 10. The molecule has 0 saturated carbocycles. The molecule has 0 bridgehead atoms. The summed E-state index contributed by atoms with van der Waals surface area (Å²) in [6.45, 7) is 2.69. The lowest BCUT2D eigenvalue weighted by molar-refractivity contribution is -0.206. The zero-order chi connectivity index (χ0) is 28.9. The van der Waals surface area contributed by atoms with Crippen LogP contribution in [0.3, 0.4) is 0 Å². The molecular formula is C27H31FN8O5. The summed E-state index contributed by atoms with van der Waals surface area (Å²) in [4.78, 5) is 13.0. The standard InChI is InChI=1S/C27H31FN8O5/c1-2-29-19-8-6-16(7-9-19)20-13-35(33-31-20)11-10-30-27(40)26-25(39)23(24(38)22(15-37)41-26)36-14-21(32-34-36)17-4-3-5-18(28)12-17/h3-9,12-14,22-26,29,37-39H,2,10-11,15H2,1H3,(H,30,40)/t22-,23+,24+,25-,26-/m1/s1. The fourth-order valence-corrected chi connectivity index (χ4v) is 4.73. The number of nitrogens with zero attached hydrogens (tertiary/aromatic N) is 6. The van der Waals surface area contributed by atoms with Gasteiger partial charge in [0.1, 0.15) is 41.6 Å². The van der Waals surface area contributed by atoms with Gasteiger partial charge in [0.15, 0.2) is 6.10 Å². The van der Waals surface area contributed by atoms with Crippen molar-refractivity contribution >= 4 is 11.6 Å². The largest absolute Gasteiger partial charge is 0.394 e. The number of aliphatic hydroxyl groups is 3. The average molecular weight is 567 g/mol. The van der Waals surface area contributed by atoms with Crippen molar-refractivity contribution in [1.29, 1.82) is 0 Å². The maximum Gasteiger partial charge on any atom is 0.252 e. The fourth-order valence-electron chi connectivity index (χ4n) is 4.73. The molecule has 1 aliphatic rings. The molecule has 13 nitrogen and oxygen atoms in total. The molecule has 4 aromatic rings. The molecule has 5 rings (SSSR count). The summed E-state index contributed by atoms with van der Waals surface area (Å²) in [6, 6.07) is 12.4. The van der Waals surface area contributed by atoms with E-state index in [-0.39, 0.29) is 6.54 Å². The second-order valence-electron chi connectivity index (χ2n) is 9.61. The number of ether oxygens (including phenoxy) is 1. The van der Waals surface area contributed by atoms with Gasteiger partial charge in [0.05, 0.1) is 25.5 Å². The number of aromatic nitrogens is 6. The van der Waals surface area contributed by atoms with Gasteiger partial charge in [0.25, 0.3) is 5.91 Å². The van der Waals surface area contributed by atoms with Crippen molar-refractivity contribution in [3.63, 3.8) is 0 Å². The molecule has 5 atom stereocenters. The Kier molecular flexibility index (Phi) is 8.64. The van der Waals surface area contributed by atoms with E-state index in [0.717, 1.165) is 17.8 Å². The summed E-state index contributed by atoms with van der Waals surface area (Å²) in [5.41, 5.74) is 3.33. The minimum Gasteiger partial charge on any atom is -0.394 e. The number of aliphatic hydroxyl groups excluding tert-OH is 3. The van der Waals surface area contributed by atoms with Gasteiger partial charge in [-0.15, -0.1) is 10.2 Å². The minimum atomic E-state index is -1.53. The molecule has 0 spiro atoms. The number of anilines is 1. The first kappa shape index (κ1) is 28.3. The van der Waals surface area contributed by atoms with E-state index < -0.39 is 48.8 Å². The van der Waals surface area contributed by atoms with Gasteiger partial charge in [-0.3, -0.25) is 9.48 Å². The van der Waals surface area contributed by atoms with Crippen molar-refractivity contribution in [2.24, 2.45) is 0 Å². The van der Waals surface area contributed by atoms with Crippen LogP contribution in [-0.4, -0.2) is 95.3 Å². The highest BCUT2D eigenvalue weighted by atomic mass is 19.1. The van der Waals surface area contributed by atoms with Gasteiger partial charge in [-0.2, -0.15) is 0 Å². The molecule has 3 heterocycles. The first-order valence-corrected chi connectivity index (χ1v) is 13.2. The monoisotopic (exact) mass is 566 g/mol. The smallest absolute Gasteiger partial charge is 0.252 e. The quantitative estimate of drug-likeness (QED) is 0.183. The normalized spacial score (nSPS) is 22.4. The topological polar surface area (TPSA) is 172 Å². The second-order valence-corrected chi connectivity index (χ2v) is 9.61. The Morgan fingerprint density at radius 2 is 1.78 bits per heavy atom. The molecule has 2 aromatic heterocycles. The Hall–Kier alpha value is -4.24. The van der Waals surface area contributed by atoms with E-state index >= 15 is 0 Å². The van der Waals surface area contributed by atoms with Gasteiger partial charge in [-0.25, -0.2) is 9.07 Å². The maximum absolute atomic E-state index is 13.7. The van der Waals surface area contributed by atoms with Crippen LogP contribution < -0.4 is 10.6 Å². The Labute approximate surface area is 234 Å². The van der Waals surface area contributed by atoms with Crippen LogP contribution in [0, 0.1) is 5.82 Å². The van der Waals surface area contributed by atoms with E-state index in [0.29, 0.717) is 23.5 Å². The van der Waals surface area contributed by atoms with E-state index in [1.54, 1.807) is 16.9 Å². The predicted molar refractivity (Wildman–Crippen MR) is 145 cm³/mol. The first-order chi connectivity index (χ1) is 19.9. The number of benzene rings is 2. The van der Waals surface area contributed by atoms with Crippen LogP contribution in [0.25, 0.3) is 22.5 Å². The molecule has 216 valence electrons. The van der Waals surface area contributed by atoms with Crippen molar-refractivity contribution < 1.29 is 29.2 Å². The van der Waals surface area contributed by atoms with Crippen LogP contribution in [-0.2, 0) is 16.1 Å². The summed E-state index contributed by atoms with van der Waals surface area (Å²) < 4.78 is 22.0. The van der Waals surface area contributed by atoms with Gasteiger partial charge in [-0.1, -0.05) is 34.7 Å². The van der Waals surface area contributed by atoms with E-state index in [9.17, 15) is 24.5 Å². The molecule has 5 N–H and O–H groups in total. The summed E-state index contributed by atoms with van der Waals surface area (Å²) >= 11 is 0. The first-order valence-electron chi connectivity index (χ1n) is 13.2. The highest BCUT2D eigenvalue weighted by Gasteiger charge is 2.48. The van der Waals surface area contributed by atoms with Crippen LogP contribution in [0.15, 0.2) is 60.9 Å². The average Bonchev–Trinajstić information content (AvgIpc) is 3.64. The Morgan fingerprint density at radius 1 is 1.02 bits per heavy atom. The van der Waals surface area contributed by atoms with E-state index in [2.05, 4.69) is 31.3 Å². The number of carbonyl (C=O) groups is 1. The van der Waals surface area contributed by atoms with Gasteiger partial charge in [0.2, 0.25) is 0 Å².